The second-order valence-electron chi connectivity index (χ2n) is 6.42. The Morgan fingerprint density at radius 2 is 1.17 bits per heavy atom. The summed E-state index contributed by atoms with van der Waals surface area (Å²) in [5, 5.41) is 0. The average molecular weight is 421 g/mol. The van der Waals surface area contributed by atoms with E-state index in [2.05, 4.69) is 28.4 Å². The Hall–Kier alpha value is -3.45. The molecule has 0 aliphatic rings. The Labute approximate surface area is 174 Å². The van der Waals surface area contributed by atoms with Crippen LogP contribution in [0.15, 0.2) is 77.7 Å². The summed E-state index contributed by atoms with van der Waals surface area (Å²) >= 11 is 0. The van der Waals surface area contributed by atoms with Gasteiger partial charge in [-0.3, -0.25) is 0 Å². The summed E-state index contributed by atoms with van der Waals surface area (Å²) in [4.78, 5) is 0.0882. The average Bonchev–Trinajstić information content (AvgIpc) is 2.72. The monoisotopic (exact) mass is 421 g/mol. The van der Waals surface area contributed by atoms with Gasteiger partial charge in [0.25, 0.3) is 0 Å². The van der Waals surface area contributed by atoms with Crippen LogP contribution >= 0.6 is 0 Å². The van der Waals surface area contributed by atoms with Crippen LogP contribution in [0.3, 0.4) is 0 Å². The van der Waals surface area contributed by atoms with Gasteiger partial charge >= 0.3 is 0 Å². The number of nitrogens with one attached hydrogen (secondary N) is 1. The largest absolute Gasteiger partial charge is 0.242 e. The number of hydrogen-bond acceptors (Lipinski definition) is 2. The molecule has 0 amide bonds. The minimum Gasteiger partial charge on any atom is -0.207 e. The molecule has 0 aliphatic heterocycles. The van der Waals surface area contributed by atoms with Gasteiger partial charge in [-0.05, 0) is 67.6 Å². The summed E-state index contributed by atoms with van der Waals surface area (Å²) in [5.74, 6) is 10.3. The Kier molecular flexibility index (Phi) is 6.64. The summed E-state index contributed by atoms with van der Waals surface area (Å²) in [6.45, 7) is 1.86. The first-order chi connectivity index (χ1) is 14.3. The van der Waals surface area contributed by atoms with E-state index in [9.17, 15) is 17.2 Å². The number of halogens is 2. The first-order valence-corrected chi connectivity index (χ1v) is 10.4. The van der Waals surface area contributed by atoms with Crippen molar-refractivity contribution < 1.29 is 17.2 Å². The molecule has 30 heavy (non-hydrogen) atoms. The van der Waals surface area contributed by atoms with Crippen LogP contribution in [0.5, 0.6) is 0 Å². The lowest BCUT2D eigenvalue weighted by Crippen LogP contribution is -2.32. The second-order valence-corrected chi connectivity index (χ2v) is 8.13. The maximum Gasteiger partial charge on any atom is 0.242 e. The fourth-order valence-corrected chi connectivity index (χ4v) is 3.47. The summed E-state index contributed by atoms with van der Waals surface area (Å²) in [5.41, 5.74) is 1.96. The molecule has 6 heteroatoms. The van der Waals surface area contributed by atoms with Gasteiger partial charge in [0, 0.05) is 11.1 Å². The van der Waals surface area contributed by atoms with E-state index in [1.807, 2.05) is 6.92 Å². The van der Waals surface area contributed by atoms with E-state index in [4.69, 9.17) is 0 Å². The molecule has 0 aliphatic carbocycles. The number of aryl methyl sites for hydroxylation is 1. The molecule has 0 radical (unpaired) electrons. The smallest absolute Gasteiger partial charge is 0.207 e. The van der Waals surface area contributed by atoms with Crippen molar-refractivity contribution in [2.45, 2.75) is 17.9 Å². The molecule has 0 saturated heterocycles. The lowest BCUT2D eigenvalue weighted by molar-refractivity contribution is 0.582. The third-order valence-electron chi connectivity index (χ3n) is 4.01. The molecule has 0 saturated carbocycles. The fraction of sp³-hybridized carbons (Fsp3) is 0.0833. The first-order valence-electron chi connectivity index (χ1n) is 8.95. The molecule has 1 N–H and O–H groups in total. The molecule has 0 aromatic heterocycles. The first kappa shape index (κ1) is 21.3. The highest BCUT2D eigenvalue weighted by molar-refractivity contribution is 7.89. The van der Waals surface area contributed by atoms with Crippen molar-refractivity contribution in [1.82, 2.24) is 4.72 Å². The third-order valence-corrected chi connectivity index (χ3v) is 5.45. The minimum atomic E-state index is -3.87. The molecule has 0 heterocycles. The Bertz CT molecular complexity index is 1180. The van der Waals surface area contributed by atoms with Gasteiger partial charge in [0.05, 0.1) is 4.90 Å². The zero-order valence-electron chi connectivity index (χ0n) is 16.0. The molecule has 0 fully saturated rings. The number of benzene rings is 3. The molecule has 0 atom stereocenters. The zero-order chi connectivity index (χ0) is 21.6. The highest BCUT2D eigenvalue weighted by Crippen LogP contribution is 2.11. The predicted octanol–water partition coefficient (Wildman–Crippen LogP) is 4.02. The van der Waals surface area contributed by atoms with Crippen LogP contribution in [-0.2, 0) is 10.0 Å². The van der Waals surface area contributed by atoms with E-state index >= 15 is 0 Å². The highest BCUT2D eigenvalue weighted by atomic mass is 32.2. The molecule has 3 aromatic rings. The van der Waals surface area contributed by atoms with Gasteiger partial charge in [0.2, 0.25) is 10.0 Å². The van der Waals surface area contributed by atoms with E-state index in [0.29, 0.717) is 11.1 Å². The van der Waals surface area contributed by atoms with Gasteiger partial charge in [-0.15, -0.1) is 0 Å². The van der Waals surface area contributed by atoms with Gasteiger partial charge in [0.1, 0.15) is 17.7 Å². The Morgan fingerprint density at radius 1 is 0.733 bits per heavy atom. The highest BCUT2D eigenvalue weighted by Gasteiger charge is 2.17. The van der Waals surface area contributed by atoms with E-state index in [1.54, 1.807) is 12.1 Å². The van der Waals surface area contributed by atoms with Crippen LogP contribution in [0.1, 0.15) is 16.7 Å². The maximum atomic E-state index is 13.1. The Balaban J connectivity index is 1.91. The van der Waals surface area contributed by atoms with Crippen molar-refractivity contribution in [2.75, 3.05) is 0 Å². The van der Waals surface area contributed by atoms with Crippen molar-refractivity contribution in [1.29, 1.82) is 0 Å². The van der Waals surface area contributed by atoms with Crippen molar-refractivity contribution in [2.24, 2.45) is 0 Å². The quantitative estimate of drug-likeness (QED) is 0.650. The van der Waals surface area contributed by atoms with Gasteiger partial charge in [0.15, 0.2) is 0 Å². The molecular weight excluding hydrogens is 404 g/mol. The summed E-state index contributed by atoms with van der Waals surface area (Å²) < 4.78 is 54.1. The van der Waals surface area contributed by atoms with Crippen molar-refractivity contribution in [3.63, 3.8) is 0 Å². The molecule has 0 spiro atoms. The topological polar surface area (TPSA) is 46.2 Å². The fourth-order valence-electron chi connectivity index (χ4n) is 2.41. The molecule has 0 unspecified atom stereocenters. The lowest BCUT2D eigenvalue weighted by Gasteiger charge is -2.09. The van der Waals surface area contributed by atoms with Crippen LogP contribution < -0.4 is 4.72 Å². The van der Waals surface area contributed by atoms with Gasteiger partial charge in [-0.1, -0.05) is 41.4 Å². The van der Waals surface area contributed by atoms with Gasteiger partial charge < -0.3 is 0 Å². The molecule has 150 valence electrons. The SMILES string of the molecule is Cc1ccc(S(=O)(=O)NC(C#Cc2ccc(F)cc2)C#Cc2ccc(F)cc2)cc1. The second kappa shape index (κ2) is 9.37. The van der Waals surface area contributed by atoms with Crippen LogP contribution in [0.4, 0.5) is 8.78 Å². The van der Waals surface area contributed by atoms with E-state index < -0.39 is 27.7 Å². The number of hydrogen-bond donors (Lipinski definition) is 1. The molecule has 3 rings (SSSR count). The third kappa shape index (κ3) is 6.02. The maximum absolute atomic E-state index is 13.1. The Morgan fingerprint density at radius 3 is 1.60 bits per heavy atom. The molecule has 0 bridgehead atoms. The van der Waals surface area contributed by atoms with E-state index in [-0.39, 0.29) is 4.90 Å². The number of rotatable bonds is 3. The lowest BCUT2D eigenvalue weighted by atomic mass is 10.2. The molecule has 3 aromatic carbocycles. The van der Waals surface area contributed by atoms with Crippen molar-refractivity contribution in [3.05, 3.63) is 101 Å². The summed E-state index contributed by atoms with van der Waals surface area (Å²) in [6.07, 6.45) is 0. The van der Waals surface area contributed by atoms with Crippen LogP contribution in [0.25, 0.3) is 0 Å². The standard InChI is InChI=1S/C24H17F2NO2S/c1-18-2-16-24(17-3-18)30(28,29)27-23(14-8-19-4-10-21(25)11-5-19)15-9-20-6-12-22(26)13-7-20/h2-7,10-13,16-17,23,27H,1H3. The van der Waals surface area contributed by atoms with E-state index in [0.717, 1.165) is 5.56 Å². The van der Waals surface area contributed by atoms with Crippen LogP contribution in [-0.4, -0.2) is 14.5 Å². The van der Waals surface area contributed by atoms with Crippen molar-refractivity contribution >= 4 is 10.0 Å². The zero-order valence-corrected chi connectivity index (χ0v) is 16.8. The normalized spacial score (nSPS) is 10.7. The van der Waals surface area contributed by atoms with Crippen LogP contribution in [0.2, 0.25) is 0 Å². The van der Waals surface area contributed by atoms with E-state index in [1.165, 1.54) is 60.7 Å². The summed E-state index contributed by atoms with van der Waals surface area (Å²) in [7, 11) is -3.87. The van der Waals surface area contributed by atoms with Gasteiger partial charge in [-0.2, -0.15) is 4.72 Å². The predicted molar refractivity (Wildman–Crippen MR) is 112 cm³/mol. The minimum absolute atomic E-state index is 0.0882. The van der Waals surface area contributed by atoms with Crippen LogP contribution in [0, 0.1) is 42.2 Å². The summed E-state index contributed by atoms with van der Waals surface area (Å²) in [6, 6.07) is 16.3. The van der Waals surface area contributed by atoms with Crippen molar-refractivity contribution in [3.8, 4) is 23.7 Å². The molecular formula is C24H17F2NO2S. The molecule has 3 nitrogen and oxygen atoms in total. The van der Waals surface area contributed by atoms with Gasteiger partial charge in [-0.25, -0.2) is 17.2 Å². The number of sulfonamides is 1.